The minimum absolute atomic E-state index is 0.113. The lowest BCUT2D eigenvalue weighted by atomic mass is 10.1. The largest absolute Gasteiger partial charge is 0.497 e. The smallest absolute Gasteiger partial charge is 0.410 e. The van der Waals surface area contributed by atoms with Crippen LogP contribution in [0.4, 0.5) is 4.79 Å². The molecule has 0 saturated carbocycles. The lowest BCUT2D eigenvalue weighted by molar-refractivity contribution is 0.0290. The van der Waals surface area contributed by atoms with Crippen molar-refractivity contribution in [3.63, 3.8) is 0 Å². The van der Waals surface area contributed by atoms with Crippen LogP contribution < -0.4 is 10.1 Å². The van der Waals surface area contributed by atoms with Crippen LogP contribution in [0.1, 0.15) is 37.6 Å². The molecule has 140 valence electrons. The van der Waals surface area contributed by atoms with Gasteiger partial charge in [0.15, 0.2) is 0 Å². The summed E-state index contributed by atoms with van der Waals surface area (Å²) in [5.41, 5.74) is 0.532. The van der Waals surface area contributed by atoms with E-state index in [-0.39, 0.29) is 18.0 Å². The van der Waals surface area contributed by atoms with Gasteiger partial charge in [-0.3, -0.25) is 4.79 Å². The number of amides is 2. The molecule has 1 aliphatic heterocycles. The maximum atomic E-state index is 12.6. The molecule has 1 unspecified atom stereocenters. The molecule has 1 aromatic carbocycles. The van der Waals surface area contributed by atoms with Gasteiger partial charge in [-0.1, -0.05) is 0 Å². The van der Waals surface area contributed by atoms with Crippen LogP contribution in [-0.2, 0) is 4.74 Å². The van der Waals surface area contributed by atoms with Gasteiger partial charge in [0.05, 0.1) is 12.7 Å². The number of nitrogens with one attached hydrogen (secondary N) is 1. The summed E-state index contributed by atoms with van der Waals surface area (Å²) >= 11 is 0. The number of nitrogens with zero attached hydrogens (tertiary/aromatic N) is 1. The van der Waals surface area contributed by atoms with Crippen molar-refractivity contribution in [2.75, 3.05) is 20.2 Å². The summed E-state index contributed by atoms with van der Waals surface area (Å²) in [6.45, 7) is 6.49. The molecule has 1 N–H and O–H groups in total. The summed E-state index contributed by atoms with van der Waals surface area (Å²) < 4.78 is 16.0. The first kappa shape index (κ1) is 18.1. The molecule has 1 fully saturated rings. The Balaban J connectivity index is 1.63. The molecular formula is C19H24N2O5. The van der Waals surface area contributed by atoms with E-state index in [2.05, 4.69) is 5.32 Å². The number of rotatable bonds is 3. The number of hydrogen-bond donors (Lipinski definition) is 1. The van der Waals surface area contributed by atoms with Crippen molar-refractivity contribution < 1.29 is 23.5 Å². The number of likely N-dealkylation sites (tertiary alicyclic amines) is 1. The molecule has 26 heavy (non-hydrogen) atoms. The zero-order valence-electron chi connectivity index (χ0n) is 15.5. The lowest BCUT2D eigenvalue weighted by Gasteiger charge is -2.24. The van der Waals surface area contributed by atoms with Crippen molar-refractivity contribution in [3.8, 4) is 5.75 Å². The van der Waals surface area contributed by atoms with Gasteiger partial charge in [0, 0.05) is 30.6 Å². The molecule has 0 aliphatic carbocycles. The van der Waals surface area contributed by atoms with E-state index in [1.165, 1.54) is 6.26 Å². The minimum Gasteiger partial charge on any atom is -0.497 e. The second kappa shape index (κ2) is 6.90. The fraction of sp³-hybridized carbons (Fsp3) is 0.474. The minimum atomic E-state index is -0.533. The monoisotopic (exact) mass is 360 g/mol. The average molecular weight is 360 g/mol. The van der Waals surface area contributed by atoms with Gasteiger partial charge in [0.25, 0.3) is 5.91 Å². The molecule has 0 spiro atoms. The van der Waals surface area contributed by atoms with Gasteiger partial charge in [0.1, 0.15) is 23.2 Å². The summed E-state index contributed by atoms with van der Waals surface area (Å²) in [6.07, 6.45) is 1.78. The number of methoxy groups -OCH3 is 1. The zero-order valence-corrected chi connectivity index (χ0v) is 15.5. The van der Waals surface area contributed by atoms with E-state index < -0.39 is 5.60 Å². The Labute approximate surface area is 152 Å². The third-order valence-electron chi connectivity index (χ3n) is 4.20. The molecular weight excluding hydrogens is 336 g/mol. The third kappa shape index (κ3) is 3.92. The van der Waals surface area contributed by atoms with Crippen LogP contribution in [0.15, 0.2) is 28.9 Å². The predicted molar refractivity (Wildman–Crippen MR) is 96.4 cm³/mol. The van der Waals surface area contributed by atoms with Crippen molar-refractivity contribution >= 4 is 23.0 Å². The summed E-state index contributed by atoms with van der Waals surface area (Å²) in [7, 11) is 1.58. The highest BCUT2D eigenvalue weighted by Crippen LogP contribution is 2.26. The number of carbonyl (C=O) groups is 2. The highest BCUT2D eigenvalue weighted by atomic mass is 16.6. The Hall–Kier alpha value is -2.70. The molecule has 2 amide bonds. The van der Waals surface area contributed by atoms with Gasteiger partial charge in [-0.15, -0.1) is 0 Å². The molecule has 1 aromatic heterocycles. The Kier molecular flexibility index (Phi) is 4.80. The standard InChI is InChI=1S/C19H24N2O5/c1-19(2,3)26-18(23)21-8-7-12(10-21)20-17(22)15-11-25-16-9-13(24-4)5-6-14(15)16/h5-6,9,11-12H,7-8,10H2,1-4H3,(H,20,22). The number of ether oxygens (including phenoxy) is 2. The van der Waals surface area contributed by atoms with E-state index in [4.69, 9.17) is 13.9 Å². The van der Waals surface area contributed by atoms with Gasteiger partial charge in [-0.2, -0.15) is 0 Å². The Morgan fingerprint density at radius 3 is 2.77 bits per heavy atom. The molecule has 7 heteroatoms. The molecule has 1 saturated heterocycles. The van der Waals surface area contributed by atoms with Gasteiger partial charge in [-0.25, -0.2) is 4.79 Å². The first-order chi connectivity index (χ1) is 12.3. The number of hydrogen-bond acceptors (Lipinski definition) is 5. The van der Waals surface area contributed by atoms with Gasteiger partial charge in [-0.05, 0) is 39.3 Å². The Bertz CT molecular complexity index is 821. The van der Waals surface area contributed by atoms with Crippen LogP contribution in [0.25, 0.3) is 11.0 Å². The van der Waals surface area contributed by atoms with Crippen LogP contribution in [0, 0.1) is 0 Å². The third-order valence-corrected chi connectivity index (χ3v) is 4.20. The van der Waals surface area contributed by atoms with Gasteiger partial charge >= 0.3 is 6.09 Å². The van der Waals surface area contributed by atoms with Crippen molar-refractivity contribution in [2.24, 2.45) is 0 Å². The van der Waals surface area contributed by atoms with Crippen molar-refractivity contribution in [1.29, 1.82) is 0 Å². The predicted octanol–water partition coefficient (Wildman–Crippen LogP) is 3.18. The van der Waals surface area contributed by atoms with E-state index >= 15 is 0 Å². The fourth-order valence-corrected chi connectivity index (χ4v) is 2.94. The van der Waals surface area contributed by atoms with Crippen LogP contribution >= 0.6 is 0 Å². The zero-order chi connectivity index (χ0) is 18.9. The quantitative estimate of drug-likeness (QED) is 0.909. The average Bonchev–Trinajstić information content (AvgIpc) is 3.19. The Morgan fingerprint density at radius 2 is 2.08 bits per heavy atom. The molecule has 1 atom stereocenters. The second-order valence-electron chi connectivity index (χ2n) is 7.40. The maximum absolute atomic E-state index is 12.6. The highest BCUT2D eigenvalue weighted by Gasteiger charge is 2.31. The number of carbonyl (C=O) groups excluding carboxylic acids is 2. The van der Waals surface area contributed by atoms with Crippen LogP contribution in [0.2, 0.25) is 0 Å². The molecule has 7 nitrogen and oxygen atoms in total. The molecule has 3 rings (SSSR count). The van der Waals surface area contributed by atoms with E-state index in [9.17, 15) is 9.59 Å². The van der Waals surface area contributed by atoms with E-state index in [0.717, 1.165) is 5.39 Å². The van der Waals surface area contributed by atoms with Crippen molar-refractivity contribution in [1.82, 2.24) is 10.2 Å². The van der Waals surface area contributed by atoms with Crippen LogP contribution in [0.3, 0.4) is 0 Å². The molecule has 0 radical (unpaired) electrons. The normalized spacial score (nSPS) is 17.4. The number of furan rings is 1. The summed E-state index contributed by atoms with van der Waals surface area (Å²) in [5, 5.41) is 3.70. The van der Waals surface area contributed by atoms with Crippen LogP contribution in [-0.4, -0.2) is 48.7 Å². The lowest BCUT2D eigenvalue weighted by Crippen LogP contribution is -2.40. The van der Waals surface area contributed by atoms with E-state index in [1.54, 1.807) is 30.2 Å². The topological polar surface area (TPSA) is 81.0 Å². The second-order valence-corrected chi connectivity index (χ2v) is 7.40. The summed E-state index contributed by atoms with van der Waals surface area (Å²) in [6, 6.07) is 5.22. The molecule has 2 aromatic rings. The van der Waals surface area contributed by atoms with E-state index in [0.29, 0.717) is 36.4 Å². The number of benzene rings is 1. The van der Waals surface area contributed by atoms with Crippen molar-refractivity contribution in [2.45, 2.75) is 38.8 Å². The maximum Gasteiger partial charge on any atom is 0.410 e. The SMILES string of the molecule is COc1ccc2c(C(=O)NC3CCN(C(=O)OC(C)(C)C)C3)coc2c1. The summed E-state index contributed by atoms with van der Waals surface area (Å²) in [5.74, 6) is 0.451. The van der Waals surface area contributed by atoms with Crippen LogP contribution in [0.5, 0.6) is 5.75 Å². The highest BCUT2D eigenvalue weighted by molar-refractivity contribution is 6.06. The molecule has 1 aliphatic rings. The first-order valence-corrected chi connectivity index (χ1v) is 8.61. The van der Waals surface area contributed by atoms with Gasteiger partial charge in [0.2, 0.25) is 0 Å². The first-order valence-electron chi connectivity index (χ1n) is 8.61. The summed E-state index contributed by atoms with van der Waals surface area (Å²) in [4.78, 5) is 26.3. The van der Waals surface area contributed by atoms with Gasteiger partial charge < -0.3 is 24.1 Å². The fourth-order valence-electron chi connectivity index (χ4n) is 2.94. The molecule has 0 bridgehead atoms. The van der Waals surface area contributed by atoms with Crippen molar-refractivity contribution in [3.05, 3.63) is 30.0 Å². The molecule has 2 heterocycles. The Morgan fingerprint density at radius 1 is 1.31 bits per heavy atom. The number of fused-ring (bicyclic) bond motifs is 1. The van der Waals surface area contributed by atoms with E-state index in [1.807, 2.05) is 20.8 Å².